The summed E-state index contributed by atoms with van der Waals surface area (Å²) < 4.78 is 0. The minimum atomic E-state index is -1.00. The molecular weight excluding hydrogens is 426 g/mol. The second-order valence-corrected chi connectivity index (χ2v) is 8.20. The summed E-state index contributed by atoms with van der Waals surface area (Å²) in [4.78, 5) is 52.7. The molecule has 2 heterocycles. The molecule has 1 atom stereocenters. The van der Waals surface area contributed by atoms with Crippen molar-refractivity contribution in [2.75, 3.05) is 13.1 Å². The molecule has 162 valence electrons. The second kappa shape index (κ2) is 9.57. The van der Waals surface area contributed by atoms with Crippen molar-refractivity contribution in [3.05, 3.63) is 93.7 Å². The number of hydrogen-bond acceptors (Lipinski definition) is 5. The van der Waals surface area contributed by atoms with E-state index in [9.17, 15) is 19.2 Å². The van der Waals surface area contributed by atoms with Gasteiger partial charge in [-0.25, -0.2) is 0 Å². The summed E-state index contributed by atoms with van der Waals surface area (Å²) >= 11 is 1.33. The van der Waals surface area contributed by atoms with Crippen molar-refractivity contribution in [3.63, 3.8) is 0 Å². The topological polar surface area (TPSA) is 95.6 Å². The van der Waals surface area contributed by atoms with Gasteiger partial charge >= 0.3 is 0 Å². The molecule has 0 spiro atoms. The quantitative estimate of drug-likeness (QED) is 0.410. The smallest absolute Gasteiger partial charge is 0.262 e. The molecule has 3 aromatic rings. The molecule has 1 aromatic heterocycles. The van der Waals surface area contributed by atoms with Gasteiger partial charge in [-0.05, 0) is 29.1 Å². The van der Waals surface area contributed by atoms with E-state index in [2.05, 4.69) is 10.6 Å². The number of nitrogens with one attached hydrogen (secondary N) is 2. The van der Waals surface area contributed by atoms with Crippen LogP contribution in [0, 0.1) is 0 Å². The van der Waals surface area contributed by atoms with Crippen LogP contribution in [0.25, 0.3) is 0 Å². The fourth-order valence-electron chi connectivity index (χ4n) is 3.60. The highest BCUT2D eigenvalue weighted by Crippen LogP contribution is 2.26. The lowest BCUT2D eigenvalue weighted by Crippen LogP contribution is -2.51. The number of hydrogen-bond donors (Lipinski definition) is 2. The predicted octanol–water partition coefficient (Wildman–Crippen LogP) is 2.50. The first-order valence-electron chi connectivity index (χ1n) is 10.2. The van der Waals surface area contributed by atoms with E-state index in [4.69, 9.17) is 0 Å². The van der Waals surface area contributed by atoms with Gasteiger partial charge in [0.05, 0.1) is 16.0 Å². The molecule has 0 radical (unpaired) electrons. The van der Waals surface area contributed by atoms with Gasteiger partial charge in [-0.1, -0.05) is 48.5 Å². The van der Waals surface area contributed by atoms with E-state index in [0.717, 1.165) is 10.5 Å². The highest BCUT2D eigenvalue weighted by molar-refractivity contribution is 7.12. The van der Waals surface area contributed by atoms with E-state index >= 15 is 0 Å². The van der Waals surface area contributed by atoms with Gasteiger partial charge in [-0.2, -0.15) is 0 Å². The Bertz CT molecular complexity index is 1110. The second-order valence-electron chi connectivity index (χ2n) is 7.26. The number of rotatable bonds is 8. The molecule has 2 N–H and O–H groups in total. The summed E-state index contributed by atoms with van der Waals surface area (Å²) in [5.41, 5.74) is 1.42. The Hall–Kier alpha value is -3.78. The van der Waals surface area contributed by atoms with Crippen molar-refractivity contribution in [2.45, 2.75) is 12.5 Å². The maximum absolute atomic E-state index is 13.1. The van der Waals surface area contributed by atoms with Crippen molar-refractivity contribution >= 4 is 35.0 Å². The number of nitrogens with zero attached hydrogens (tertiary/aromatic N) is 1. The summed E-state index contributed by atoms with van der Waals surface area (Å²) in [5, 5.41) is 7.30. The number of fused-ring (bicyclic) bond motifs is 1. The number of imide groups is 1. The number of carbonyl (C=O) groups is 4. The average Bonchev–Trinajstić information content (AvgIpc) is 3.44. The van der Waals surface area contributed by atoms with E-state index in [1.54, 1.807) is 36.4 Å². The van der Waals surface area contributed by atoms with Crippen LogP contribution in [0.2, 0.25) is 0 Å². The number of benzene rings is 2. The molecule has 1 aliphatic rings. The van der Waals surface area contributed by atoms with E-state index in [1.807, 2.05) is 35.7 Å². The van der Waals surface area contributed by atoms with Crippen LogP contribution in [0.15, 0.2) is 72.1 Å². The van der Waals surface area contributed by atoms with Gasteiger partial charge in [0.15, 0.2) is 0 Å². The molecule has 8 heteroatoms. The van der Waals surface area contributed by atoms with E-state index in [-0.39, 0.29) is 25.4 Å². The molecule has 0 saturated carbocycles. The lowest BCUT2D eigenvalue weighted by Gasteiger charge is -2.25. The van der Waals surface area contributed by atoms with Gasteiger partial charge in [-0.3, -0.25) is 24.1 Å². The van der Waals surface area contributed by atoms with Crippen LogP contribution in [0.1, 0.15) is 36.0 Å². The Balaban J connectivity index is 1.46. The van der Waals surface area contributed by atoms with Crippen molar-refractivity contribution in [1.82, 2.24) is 15.5 Å². The van der Waals surface area contributed by atoms with Gasteiger partial charge in [0.2, 0.25) is 5.91 Å². The normalized spacial score (nSPS) is 13.6. The number of amides is 4. The minimum Gasteiger partial charge on any atom is -0.353 e. The molecular formula is C24H21N3O4S. The molecule has 4 amide bonds. The highest BCUT2D eigenvalue weighted by Gasteiger charge is 2.42. The minimum absolute atomic E-state index is 0.171. The molecule has 32 heavy (non-hydrogen) atoms. The Morgan fingerprint density at radius 1 is 0.812 bits per heavy atom. The van der Waals surface area contributed by atoms with E-state index in [1.165, 1.54) is 11.3 Å². The summed E-state index contributed by atoms with van der Waals surface area (Å²) in [6, 6.07) is 18.3. The third-order valence-electron chi connectivity index (χ3n) is 5.17. The zero-order valence-electron chi connectivity index (χ0n) is 17.1. The standard InChI is InChI=1S/C24H21N3O4S/c28-21(25-12-13-26-22(29)20-11-6-14-32-20)19(15-16-7-2-1-3-8-16)27-23(30)17-9-4-5-10-18(17)24(27)31/h1-11,14,19H,12-13,15H2,(H,25,28)(H,26,29). The average molecular weight is 448 g/mol. The first-order valence-corrected chi connectivity index (χ1v) is 11.0. The van der Waals surface area contributed by atoms with Gasteiger partial charge in [-0.15, -0.1) is 11.3 Å². The summed E-state index contributed by atoms with van der Waals surface area (Å²) in [5.74, 6) is -1.62. The highest BCUT2D eigenvalue weighted by atomic mass is 32.1. The summed E-state index contributed by atoms with van der Waals surface area (Å²) in [6.45, 7) is 0.396. The third-order valence-corrected chi connectivity index (χ3v) is 6.04. The SMILES string of the molecule is O=C(NCCNC(=O)C(Cc1ccccc1)N1C(=O)c2ccccc2C1=O)c1cccs1. The zero-order chi connectivity index (χ0) is 22.5. The van der Waals surface area contributed by atoms with Crippen LogP contribution in [0.3, 0.4) is 0 Å². The van der Waals surface area contributed by atoms with Crippen LogP contribution >= 0.6 is 11.3 Å². The fourth-order valence-corrected chi connectivity index (χ4v) is 4.24. The summed E-state index contributed by atoms with van der Waals surface area (Å²) in [7, 11) is 0. The van der Waals surface area contributed by atoms with Crippen LogP contribution in [0.4, 0.5) is 0 Å². The molecule has 7 nitrogen and oxygen atoms in total. The summed E-state index contributed by atoms with van der Waals surface area (Å²) in [6.07, 6.45) is 0.194. The monoisotopic (exact) mass is 447 g/mol. The zero-order valence-corrected chi connectivity index (χ0v) is 17.9. The van der Waals surface area contributed by atoms with Crippen LogP contribution in [0.5, 0.6) is 0 Å². The van der Waals surface area contributed by atoms with Crippen molar-refractivity contribution in [1.29, 1.82) is 0 Å². The number of carbonyl (C=O) groups excluding carboxylic acids is 4. The Labute approximate surface area is 189 Å². The van der Waals surface area contributed by atoms with Crippen LogP contribution in [-0.4, -0.2) is 47.7 Å². The Morgan fingerprint density at radius 3 is 2.06 bits per heavy atom. The molecule has 0 bridgehead atoms. The largest absolute Gasteiger partial charge is 0.353 e. The third kappa shape index (κ3) is 4.45. The first kappa shape index (κ1) is 21.5. The van der Waals surface area contributed by atoms with Crippen molar-refractivity contribution in [3.8, 4) is 0 Å². The predicted molar refractivity (Wildman–Crippen MR) is 121 cm³/mol. The van der Waals surface area contributed by atoms with E-state index < -0.39 is 23.8 Å². The lowest BCUT2D eigenvalue weighted by molar-refractivity contribution is -0.125. The Kier molecular flexibility index (Phi) is 6.42. The maximum Gasteiger partial charge on any atom is 0.262 e. The van der Waals surface area contributed by atoms with Gasteiger partial charge in [0.25, 0.3) is 17.7 Å². The lowest BCUT2D eigenvalue weighted by atomic mass is 10.0. The number of thiophene rings is 1. The molecule has 1 aliphatic heterocycles. The fraction of sp³-hybridized carbons (Fsp3) is 0.167. The van der Waals surface area contributed by atoms with E-state index in [0.29, 0.717) is 16.0 Å². The first-order chi connectivity index (χ1) is 15.6. The van der Waals surface area contributed by atoms with Gasteiger partial charge in [0, 0.05) is 19.5 Å². The molecule has 2 aromatic carbocycles. The Morgan fingerprint density at radius 2 is 1.44 bits per heavy atom. The molecule has 0 aliphatic carbocycles. The molecule has 0 saturated heterocycles. The van der Waals surface area contributed by atoms with Crippen LogP contribution in [-0.2, 0) is 11.2 Å². The van der Waals surface area contributed by atoms with Crippen molar-refractivity contribution in [2.24, 2.45) is 0 Å². The molecule has 1 unspecified atom stereocenters. The van der Waals surface area contributed by atoms with Gasteiger partial charge in [0.1, 0.15) is 6.04 Å². The maximum atomic E-state index is 13.1. The molecule has 0 fully saturated rings. The van der Waals surface area contributed by atoms with Crippen LogP contribution < -0.4 is 10.6 Å². The van der Waals surface area contributed by atoms with Crippen molar-refractivity contribution < 1.29 is 19.2 Å². The molecule has 4 rings (SSSR count). The van der Waals surface area contributed by atoms with Gasteiger partial charge < -0.3 is 10.6 Å².